The van der Waals surface area contributed by atoms with Crippen LogP contribution in [0.2, 0.25) is 0 Å². The number of allylic oxidation sites excluding steroid dienone is 3. The summed E-state index contributed by atoms with van der Waals surface area (Å²) in [4.78, 5) is 8.53. The summed E-state index contributed by atoms with van der Waals surface area (Å²) in [5.41, 5.74) is 4.85. The quantitative estimate of drug-likeness (QED) is 0.624. The van der Waals surface area contributed by atoms with E-state index in [1.165, 1.54) is 36.8 Å². The van der Waals surface area contributed by atoms with Crippen LogP contribution >= 0.6 is 0 Å². The predicted molar refractivity (Wildman–Crippen MR) is 114 cm³/mol. The van der Waals surface area contributed by atoms with Crippen molar-refractivity contribution in [3.8, 4) is 0 Å². The summed E-state index contributed by atoms with van der Waals surface area (Å²) in [7, 11) is 0. The van der Waals surface area contributed by atoms with Gasteiger partial charge < -0.3 is 5.11 Å². The van der Waals surface area contributed by atoms with Gasteiger partial charge in [-0.3, -0.25) is 0 Å². The summed E-state index contributed by atoms with van der Waals surface area (Å²) in [6, 6.07) is 0. The van der Waals surface area contributed by atoms with Gasteiger partial charge in [0.05, 0.1) is 6.10 Å². The van der Waals surface area contributed by atoms with Crippen molar-refractivity contribution in [2.45, 2.75) is 78.7 Å². The number of hydrogen-bond donors (Lipinski definition) is 1. The molecule has 6 unspecified atom stereocenters. The molecular formula is C25H36N2O. The molecule has 0 aromatic carbocycles. The summed E-state index contributed by atoms with van der Waals surface area (Å²) >= 11 is 0. The normalized spacial score (nSPS) is 41.5. The van der Waals surface area contributed by atoms with Crippen LogP contribution < -0.4 is 0 Å². The van der Waals surface area contributed by atoms with Gasteiger partial charge in [0.25, 0.3) is 0 Å². The van der Waals surface area contributed by atoms with E-state index in [1.807, 2.05) is 26.2 Å². The minimum Gasteiger partial charge on any atom is -0.393 e. The standard InChI is InChI=1S/C23H30N2O.C2H6/c1-22-9-7-17(26)11-16(22)3-4-18-20-6-5-19(15-12-24-14-25-13-15)23(20,2)10-8-21(18)22;1-2/h3,5,12-14,17-18,20-21,26H,4,6-11H2,1-2H3;1-2H3. The summed E-state index contributed by atoms with van der Waals surface area (Å²) in [6.45, 7) is 8.99. The Hall–Kier alpha value is -1.48. The van der Waals surface area contributed by atoms with Crippen LogP contribution in [0.1, 0.15) is 78.2 Å². The minimum atomic E-state index is -0.113. The van der Waals surface area contributed by atoms with Gasteiger partial charge >= 0.3 is 0 Å². The maximum absolute atomic E-state index is 10.1. The van der Waals surface area contributed by atoms with Crippen molar-refractivity contribution in [3.05, 3.63) is 42.0 Å². The highest BCUT2D eigenvalue weighted by Crippen LogP contribution is 2.66. The third kappa shape index (κ3) is 2.89. The first-order valence-corrected chi connectivity index (χ1v) is 11.4. The molecule has 0 radical (unpaired) electrons. The van der Waals surface area contributed by atoms with Crippen LogP contribution in [0.3, 0.4) is 0 Å². The molecule has 0 amide bonds. The van der Waals surface area contributed by atoms with Crippen molar-refractivity contribution in [1.29, 1.82) is 0 Å². The summed E-state index contributed by atoms with van der Waals surface area (Å²) < 4.78 is 0. The third-order valence-corrected chi connectivity index (χ3v) is 8.53. The van der Waals surface area contributed by atoms with E-state index in [0.717, 1.165) is 37.0 Å². The maximum Gasteiger partial charge on any atom is 0.115 e. The average Bonchev–Trinajstić information content (AvgIpc) is 3.08. The van der Waals surface area contributed by atoms with Gasteiger partial charge in [-0.2, -0.15) is 0 Å². The van der Waals surface area contributed by atoms with Crippen LogP contribution in [0.15, 0.2) is 36.4 Å². The van der Waals surface area contributed by atoms with Crippen molar-refractivity contribution in [2.75, 3.05) is 0 Å². The van der Waals surface area contributed by atoms with Gasteiger partial charge in [-0.1, -0.05) is 45.4 Å². The first kappa shape index (κ1) is 19.8. The molecule has 2 fully saturated rings. The van der Waals surface area contributed by atoms with Gasteiger partial charge in [-0.05, 0) is 79.1 Å². The zero-order chi connectivity index (χ0) is 19.9. The fraction of sp³-hybridized carbons (Fsp3) is 0.680. The summed E-state index contributed by atoms with van der Waals surface area (Å²) in [5, 5.41) is 10.1. The molecule has 28 heavy (non-hydrogen) atoms. The van der Waals surface area contributed by atoms with E-state index in [4.69, 9.17) is 0 Å². The third-order valence-electron chi connectivity index (χ3n) is 8.53. The SMILES string of the molecule is CC.CC12CCC(O)CC1=CCC1C2CCC2(C)C(c3cncnc3)=CCC12. The highest BCUT2D eigenvalue weighted by Gasteiger charge is 2.56. The second-order valence-corrected chi connectivity index (χ2v) is 9.59. The lowest BCUT2D eigenvalue weighted by Crippen LogP contribution is -2.49. The van der Waals surface area contributed by atoms with Crippen LogP contribution in [0.4, 0.5) is 0 Å². The second kappa shape index (κ2) is 7.40. The zero-order valence-electron chi connectivity index (χ0n) is 18.0. The average molecular weight is 381 g/mol. The van der Waals surface area contributed by atoms with E-state index in [-0.39, 0.29) is 11.5 Å². The molecule has 152 valence electrons. The van der Waals surface area contributed by atoms with E-state index in [0.29, 0.717) is 5.41 Å². The first-order valence-electron chi connectivity index (χ1n) is 11.4. The Labute approximate surface area is 170 Å². The molecule has 1 aromatic rings. The Morgan fingerprint density at radius 1 is 0.929 bits per heavy atom. The number of nitrogens with zero attached hydrogens (tertiary/aromatic N) is 2. The Kier molecular flexibility index (Phi) is 5.24. The van der Waals surface area contributed by atoms with E-state index in [2.05, 4.69) is 36.0 Å². The Morgan fingerprint density at radius 3 is 2.39 bits per heavy atom. The first-order chi connectivity index (χ1) is 13.5. The van der Waals surface area contributed by atoms with Crippen LogP contribution in [0.25, 0.3) is 5.57 Å². The van der Waals surface area contributed by atoms with Crippen molar-refractivity contribution in [3.63, 3.8) is 0 Å². The van der Waals surface area contributed by atoms with E-state index in [1.54, 1.807) is 11.9 Å². The zero-order valence-corrected chi connectivity index (χ0v) is 18.0. The molecule has 0 aliphatic heterocycles. The van der Waals surface area contributed by atoms with Gasteiger partial charge in [0.2, 0.25) is 0 Å². The molecule has 4 aliphatic carbocycles. The van der Waals surface area contributed by atoms with Gasteiger partial charge in [0, 0.05) is 18.0 Å². The van der Waals surface area contributed by atoms with Crippen LogP contribution in [0, 0.1) is 28.6 Å². The van der Waals surface area contributed by atoms with Crippen molar-refractivity contribution in [1.82, 2.24) is 9.97 Å². The second-order valence-electron chi connectivity index (χ2n) is 9.59. The number of fused-ring (bicyclic) bond motifs is 5. The minimum absolute atomic E-state index is 0.113. The highest BCUT2D eigenvalue weighted by atomic mass is 16.3. The summed E-state index contributed by atoms with van der Waals surface area (Å²) in [5.74, 6) is 2.29. The molecule has 0 bridgehead atoms. The van der Waals surface area contributed by atoms with Gasteiger partial charge in [-0.25, -0.2) is 9.97 Å². The van der Waals surface area contributed by atoms with Crippen LogP contribution in [-0.4, -0.2) is 21.2 Å². The molecule has 6 atom stereocenters. The molecule has 0 spiro atoms. The fourth-order valence-corrected chi connectivity index (χ4v) is 7.09. The number of rotatable bonds is 1. The highest BCUT2D eigenvalue weighted by molar-refractivity contribution is 5.72. The van der Waals surface area contributed by atoms with E-state index >= 15 is 0 Å². The van der Waals surface area contributed by atoms with E-state index < -0.39 is 0 Å². The topological polar surface area (TPSA) is 46.0 Å². The lowest BCUT2D eigenvalue weighted by atomic mass is 9.47. The van der Waals surface area contributed by atoms with Crippen molar-refractivity contribution in [2.24, 2.45) is 28.6 Å². The molecule has 2 saturated carbocycles. The van der Waals surface area contributed by atoms with Crippen molar-refractivity contribution >= 4 is 5.57 Å². The number of aliphatic hydroxyl groups excluding tert-OH is 1. The number of hydrogen-bond acceptors (Lipinski definition) is 3. The van der Waals surface area contributed by atoms with Crippen molar-refractivity contribution < 1.29 is 5.11 Å². The van der Waals surface area contributed by atoms with Crippen LogP contribution in [0.5, 0.6) is 0 Å². The largest absolute Gasteiger partial charge is 0.393 e. The molecule has 1 heterocycles. The van der Waals surface area contributed by atoms with Gasteiger partial charge in [-0.15, -0.1) is 0 Å². The lowest BCUT2D eigenvalue weighted by molar-refractivity contribution is -0.0238. The molecule has 3 nitrogen and oxygen atoms in total. The molecule has 1 N–H and O–H groups in total. The molecule has 4 aliphatic rings. The smallest absolute Gasteiger partial charge is 0.115 e. The van der Waals surface area contributed by atoms with E-state index in [9.17, 15) is 5.11 Å². The maximum atomic E-state index is 10.1. The fourth-order valence-electron chi connectivity index (χ4n) is 7.09. The molecular weight excluding hydrogens is 344 g/mol. The molecule has 1 aromatic heterocycles. The number of aromatic nitrogens is 2. The summed E-state index contributed by atoms with van der Waals surface area (Å²) in [6.07, 6.45) is 18.5. The Balaban J connectivity index is 0.000000932. The molecule has 5 rings (SSSR count). The van der Waals surface area contributed by atoms with Gasteiger partial charge in [0.15, 0.2) is 0 Å². The monoisotopic (exact) mass is 380 g/mol. The number of aliphatic hydroxyl groups is 1. The molecule has 3 heteroatoms. The van der Waals surface area contributed by atoms with Gasteiger partial charge in [0.1, 0.15) is 6.33 Å². The Morgan fingerprint density at radius 2 is 1.64 bits per heavy atom. The Bertz CT molecular complexity index is 770. The predicted octanol–water partition coefficient (Wildman–Crippen LogP) is 5.82. The van der Waals surface area contributed by atoms with Crippen LogP contribution in [-0.2, 0) is 0 Å². The lowest BCUT2D eigenvalue weighted by Gasteiger charge is -2.57. The molecule has 0 saturated heterocycles.